The van der Waals surface area contributed by atoms with Gasteiger partial charge in [-0.3, -0.25) is 9.54 Å². The molecule has 1 heterocycles. The number of rotatable bonds is 11. The topological polar surface area (TPSA) is 146 Å². The van der Waals surface area contributed by atoms with E-state index in [1.165, 1.54) is 10.4 Å². The molecule has 3 N–H and O–H groups in total. The number of sulfonamides is 1. The Bertz CT molecular complexity index is 1590. The van der Waals surface area contributed by atoms with Crippen molar-refractivity contribution in [1.82, 2.24) is 19.9 Å². The quantitative estimate of drug-likeness (QED) is 0.215. The Hall–Kier alpha value is -3.03. The highest BCUT2D eigenvalue weighted by atomic mass is 35.5. The molecule has 0 aliphatic rings. The highest BCUT2D eigenvalue weighted by Gasteiger charge is 2.39. The van der Waals surface area contributed by atoms with E-state index in [9.17, 15) is 21.6 Å². The van der Waals surface area contributed by atoms with Crippen LogP contribution in [0.2, 0.25) is 5.02 Å². The Balaban J connectivity index is 1.95. The first-order valence-electron chi connectivity index (χ1n) is 12.4. The summed E-state index contributed by atoms with van der Waals surface area (Å²) in [6.07, 6.45) is 3.69. The maximum Gasteiger partial charge on any atom is 0.315 e. The molecule has 0 fully saturated rings. The minimum Gasteiger partial charge on any atom is -0.338 e. The fourth-order valence-corrected chi connectivity index (χ4v) is 6.94. The fourth-order valence-electron chi connectivity index (χ4n) is 4.34. The van der Waals surface area contributed by atoms with Crippen LogP contribution in [-0.4, -0.2) is 55.7 Å². The van der Waals surface area contributed by atoms with Gasteiger partial charge in [-0.2, -0.15) is 12.7 Å². The van der Waals surface area contributed by atoms with Crippen LogP contribution in [0.3, 0.4) is 0 Å². The van der Waals surface area contributed by atoms with Gasteiger partial charge in [-0.25, -0.2) is 13.2 Å². The van der Waals surface area contributed by atoms with Gasteiger partial charge >= 0.3 is 6.03 Å². The molecule has 0 aliphatic carbocycles. The molecule has 0 radical (unpaired) electrons. The van der Waals surface area contributed by atoms with Crippen molar-refractivity contribution < 1.29 is 26.2 Å². The predicted molar refractivity (Wildman–Crippen MR) is 155 cm³/mol. The minimum atomic E-state index is -4.37. The summed E-state index contributed by atoms with van der Waals surface area (Å²) in [5.74, 6) is -0.937. The monoisotopic (exact) mass is 608 g/mol. The lowest BCUT2D eigenvalue weighted by molar-refractivity contribution is 0.224. The van der Waals surface area contributed by atoms with Crippen LogP contribution >= 0.6 is 11.6 Å². The van der Waals surface area contributed by atoms with Crippen LogP contribution in [0, 0.1) is 13.8 Å². The second-order valence-electron chi connectivity index (χ2n) is 9.78. The van der Waals surface area contributed by atoms with E-state index in [0.717, 1.165) is 22.3 Å². The molecule has 2 amide bonds. The largest absolute Gasteiger partial charge is 0.338 e. The van der Waals surface area contributed by atoms with Crippen LogP contribution < -0.4 is 10.6 Å². The Morgan fingerprint density at radius 2 is 1.75 bits per heavy atom. The fraction of sp³-hybridized carbons (Fsp3) is 0.333. The van der Waals surface area contributed by atoms with Gasteiger partial charge in [0.15, 0.2) is 0 Å². The van der Waals surface area contributed by atoms with E-state index in [1.807, 2.05) is 56.4 Å². The molecule has 40 heavy (non-hydrogen) atoms. The first-order chi connectivity index (χ1) is 18.6. The summed E-state index contributed by atoms with van der Waals surface area (Å²) < 4.78 is 60.2. The number of halogens is 1. The molecule has 0 spiro atoms. The Labute approximate surface area is 240 Å². The minimum absolute atomic E-state index is 0.0262. The average molecular weight is 609 g/mol. The van der Waals surface area contributed by atoms with Crippen molar-refractivity contribution >= 4 is 37.8 Å². The number of aryl methyl sites for hydroxylation is 1. The van der Waals surface area contributed by atoms with Gasteiger partial charge in [-0.05, 0) is 86.2 Å². The van der Waals surface area contributed by atoms with Crippen LogP contribution in [0.25, 0.3) is 11.1 Å². The zero-order chi connectivity index (χ0) is 29.7. The zero-order valence-electron chi connectivity index (χ0n) is 22.7. The predicted octanol–water partition coefficient (Wildman–Crippen LogP) is 4.48. The summed E-state index contributed by atoms with van der Waals surface area (Å²) in [6.45, 7) is 7.30. The normalized spacial score (nSPS) is 12.4. The molecule has 2 aromatic carbocycles. The summed E-state index contributed by atoms with van der Waals surface area (Å²) in [7, 11) is -8.45. The molecular weight excluding hydrogens is 576 g/mol. The first kappa shape index (κ1) is 31.5. The van der Waals surface area contributed by atoms with Crippen molar-refractivity contribution in [2.24, 2.45) is 0 Å². The Morgan fingerprint density at radius 1 is 1.05 bits per heavy atom. The number of hydrogen-bond acceptors (Lipinski definition) is 6. The highest BCUT2D eigenvalue weighted by Crippen LogP contribution is 2.37. The number of nitrogens with one attached hydrogen (secondary N) is 2. The Morgan fingerprint density at radius 3 is 2.42 bits per heavy atom. The van der Waals surface area contributed by atoms with Crippen molar-refractivity contribution in [3.63, 3.8) is 0 Å². The third-order valence-corrected chi connectivity index (χ3v) is 9.68. The molecule has 0 unspecified atom stereocenters. The van der Waals surface area contributed by atoms with E-state index < -0.39 is 37.6 Å². The number of hydrogen-bond donors (Lipinski definition) is 3. The second kappa shape index (κ2) is 12.6. The average Bonchev–Trinajstić information content (AvgIpc) is 2.88. The molecule has 3 aromatic rings. The van der Waals surface area contributed by atoms with Crippen LogP contribution in [0.5, 0.6) is 0 Å². The summed E-state index contributed by atoms with van der Waals surface area (Å²) in [5.41, 5.74) is 3.02. The SMILES string of the molecule is Cc1cnccc1-c1cccc(C(C)(C)N(CCCNC(=O)NCS(=O)(=O)O)S(=O)(=O)c2cccc(Cl)c2C)c1. The molecule has 10 nitrogen and oxygen atoms in total. The van der Waals surface area contributed by atoms with Gasteiger partial charge in [0.1, 0.15) is 5.88 Å². The van der Waals surface area contributed by atoms with Crippen molar-refractivity contribution in [3.05, 3.63) is 82.6 Å². The van der Waals surface area contributed by atoms with Crippen LogP contribution in [0.1, 0.15) is 37.0 Å². The summed E-state index contributed by atoms with van der Waals surface area (Å²) in [6, 6.07) is 13.5. The lowest BCUT2D eigenvalue weighted by Gasteiger charge is -2.38. The molecule has 3 rings (SSSR count). The third kappa shape index (κ3) is 7.58. The van der Waals surface area contributed by atoms with Crippen molar-refractivity contribution in [2.75, 3.05) is 19.0 Å². The van der Waals surface area contributed by atoms with Gasteiger partial charge in [-0.1, -0.05) is 35.9 Å². The number of carbonyl (C=O) groups excluding carboxylic acids is 1. The van der Waals surface area contributed by atoms with E-state index in [-0.39, 0.29) is 24.4 Å². The van der Waals surface area contributed by atoms with Gasteiger partial charge in [-0.15, -0.1) is 0 Å². The van der Waals surface area contributed by atoms with Gasteiger partial charge in [0.05, 0.1) is 10.4 Å². The first-order valence-corrected chi connectivity index (χ1v) is 15.8. The lowest BCUT2D eigenvalue weighted by Crippen LogP contribution is -2.47. The molecule has 0 atom stereocenters. The number of benzene rings is 2. The van der Waals surface area contributed by atoms with Crippen molar-refractivity contribution in [1.29, 1.82) is 0 Å². The lowest BCUT2D eigenvalue weighted by atomic mass is 9.90. The van der Waals surface area contributed by atoms with Gasteiger partial charge in [0, 0.05) is 30.5 Å². The molecule has 1 aromatic heterocycles. The molecule has 0 saturated heterocycles. The molecule has 0 bridgehead atoms. The van der Waals surface area contributed by atoms with E-state index in [4.69, 9.17) is 16.2 Å². The maximum absolute atomic E-state index is 14.1. The molecule has 0 aliphatic heterocycles. The highest BCUT2D eigenvalue weighted by molar-refractivity contribution is 7.89. The molecular formula is C27H33ClN4O6S2. The summed E-state index contributed by atoms with van der Waals surface area (Å²) in [4.78, 5) is 16.1. The number of carbonyl (C=O) groups is 1. The van der Waals surface area contributed by atoms with Crippen LogP contribution in [0.4, 0.5) is 4.79 Å². The number of urea groups is 1. The molecule has 216 valence electrons. The number of aromatic nitrogens is 1. The molecule has 0 saturated carbocycles. The van der Waals surface area contributed by atoms with Gasteiger partial charge in [0.2, 0.25) is 10.0 Å². The maximum atomic E-state index is 14.1. The van der Waals surface area contributed by atoms with Gasteiger partial charge < -0.3 is 10.6 Å². The van der Waals surface area contributed by atoms with E-state index in [1.54, 1.807) is 31.5 Å². The van der Waals surface area contributed by atoms with Crippen molar-refractivity contribution in [3.8, 4) is 11.1 Å². The summed E-state index contributed by atoms with van der Waals surface area (Å²) in [5, 5.41) is 4.83. The number of pyridine rings is 1. The molecule has 13 heteroatoms. The van der Waals surface area contributed by atoms with E-state index in [2.05, 4.69) is 10.3 Å². The zero-order valence-corrected chi connectivity index (χ0v) is 25.1. The third-order valence-electron chi connectivity index (χ3n) is 6.55. The Kier molecular flexibility index (Phi) is 9.96. The van der Waals surface area contributed by atoms with Crippen LogP contribution in [-0.2, 0) is 25.7 Å². The van der Waals surface area contributed by atoms with E-state index in [0.29, 0.717) is 10.6 Å². The van der Waals surface area contributed by atoms with Gasteiger partial charge in [0.25, 0.3) is 10.1 Å². The van der Waals surface area contributed by atoms with E-state index >= 15 is 0 Å². The van der Waals surface area contributed by atoms with Crippen LogP contribution in [0.15, 0.2) is 65.8 Å². The summed E-state index contributed by atoms with van der Waals surface area (Å²) >= 11 is 6.28. The number of amides is 2. The smallest absolute Gasteiger partial charge is 0.315 e. The standard InChI is InChI=1S/C27H33ClN4O6S2/c1-19-17-29-14-12-23(19)21-8-5-9-22(16-21)27(3,4)32(15-7-13-30-26(33)31-18-39(34,35)36)40(37,38)25-11-6-10-24(28)20(25)2/h5-6,8-12,14,16-17H,7,13,15,18H2,1-4H3,(H2,30,31,33)(H,34,35,36). The number of nitrogens with zero attached hydrogens (tertiary/aromatic N) is 2. The van der Waals surface area contributed by atoms with Crippen molar-refractivity contribution in [2.45, 2.75) is 44.6 Å². The second-order valence-corrected chi connectivity index (χ2v) is 13.5.